The van der Waals surface area contributed by atoms with Crippen molar-refractivity contribution in [3.05, 3.63) is 52.1 Å². The summed E-state index contributed by atoms with van der Waals surface area (Å²) in [6.07, 6.45) is 0. The minimum Gasteiger partial charge on any atom is -0.493 e. The first-order valence-electron chi connectivity index (χ1n) is 6.10. The minimum absolute atomic E-state index is 0.676. The third-order valence-electron chi connectivity index (χ3n) is 2.47. The standard InChI is InChI=1S/C15H16BrNOS/c1-11-8-12(2)17-15(9-11)19-7-6-18-14-5-3-4-13(16)10-14/h3-5,8-10H,6-7H2,1-2H3. The van der Waals surface area contributed by atoms with E-state index in [2.05, 4.69) is 40.0 Å². The number of aromatic nitrogens is 1. The van der Waals surface area contributed by atoms with Gasteiger partial charge in [-0.25, -0.2) is 4.98 Å². The highest BCUT2D eigenvalue weighted by Crippen LogP contribution is 2.20. The molecular weight excluding hydrogens is 322 g/mol. The molecule has 0 aliphatic rings. The van der Waals surface area contributed by atoms with Crippen LogP contribution in [0.5, 0.6) is 5.75 Å². The van der Waals surface area contributed by atoms with Crippen LogP contribution in [0.25, 0.3) is 0 Å². The Balaban J connectivity index is 1.80. The molecule has 0 amide bonds. The van der Waals surface area contributed by atoms with Gasteiger partial charge in [0.2, 0.25) is 0 Å². The van der Waals surface area contributed by atoms with Crippen LogP contribution in [-0.2, 0) is 0 Å². The molecule has 0 bridgehead atoms. The monoisotopic (exact) mass is 337 g/mol. The summed E-state index contributed by atoms with van der Waals surface area (Å²) < 4.78 is 6.73. The number of pyridine rings is 1. The highest BCUT2D eigenvalue weighted by Gasteiger charge is 2.00. The molecule has 0 radical (unpaired) electrons. The molecule has 4 heteroatoms. The Hall–Kier alpha value is -1.00. The summed E-state index contributed by atoms with van der Waals surface area (Å²) in [4.78, 5) is 4.49. The molecule has 0 saturated heterocycles. The van der Waals surface area contributed by atoms with E-state index < -0.39 is 0 Å². The normalized spacial score (nSPS) is 10.5. The van der Waals surface area contributed by atoms with E-state index in [9.17, 15) is 0 Å². The molecular formula is C15H16BrNOS. The molecule has 2 nitrogen and oxygen atoms in total. The SMILES string of the molecule is Cc1cc(C)nc(SCCOc2cccc(Br)c2)c1. The smallest absolute Gasteiger partial charge is 0.120 e. The summed E-state index contributed by atoms with van der Waals surface area (Å²) in [5, 5.41) is 1.07. The zero-order valence-corrected chi connectivity index (χ0v) is 13.4. The minimum atomic E-state index is 0.676. The molecule has 0 N–H and O–H groups in total. The zero-order chi connectivity index (χ0) is 13.7. The zero-order valence-electron chi connectivity index (χ0n) is 11.0. The maximum absolute atomic E-state index is 5.69. The summed E-state index contributed by atoms with van der Waals surface area (Å²) in [6, 6.07) is 12.1. The first-order valence-corrected chi connectivity index (χ1v) is 7.88. The van der Waals surface area contributed by atoms with E-state index in [1.807, 2.05) is 31.2 Å². The van der Waals surface area contributed by atoms with Gasteiger partial charge in [-0.2, -0.15) is 0 Å². The molecule has 1 aromatic heterocycles. The summed E-state index contributed by atoms with van der Waals surface area (Å²) in [5.74, 6) is 1.78. The van der Waals surface area contributed by atoms with Gasteiger partial charge in [-0.05, 0) is 49.7 Å². The highest BCUT2D eigenvalue weighted by atomic mass is 79.9. The van der Waals surface area contributed by atoms with Crippen molar-refractivity contribution in [3.63, 3.8) is 0 Å². The molecule has 19 heavy (non-hydrogen) atoms. The summed E-state index contributed by atoms with van der Waals surface area (Å²) in [5.41, 5.74) is 2.32. The maximum Gasteiger partial charge on any atom is 0.120 e. The van der Waals surface area contributed by atoms with E-state index in [1.165, 1.54) is 5.56 Å². The third-order valence-corrected chi connectivity index (χ3v) is 3.84. The lowest BCUT2D eigenvalue weighted by atomic mass is 10.3. The fourth-order valence-corrected chi connectivity index (χ4v) is 2.97. The van der Waals surface area contributed by atoms with E-state index in [-0.39, 0.29) is 0 Å². The Bertz CT molecular complexity index is 539. The van der Waals surface area contributed by atoms with Gasteiger partial charge in [0.15, 0.2) is 0 Å². The van der Waals surface area contributed by atoms with Gasteiger partial charge in [0.1, 0.15) is 5.75 Å². The van der Waals surface area contributed by atoms with Crippen LogP contribution in [-0.4, -0.2) is 17.3 Å². The number of hydrogen-bond acceptors (Lipinski definition) is 3. The van der Waals surface area contributed by atoms with E-state index in [0.717, 1.165) is 26.7 Å². The van der Waals surface area contributed by atoms with Crippen LogP contribution in [0.3, 0.4) is 0 Å². The average Bonchev–Trinajstić information content (AvgIpc) is 2.34. The summed E-state index contributed by atoms with van der Waals surface area (Å²) >= 11 is 5.15. The van der Waals surface area contributed by atoms with E-state index >= 15 is 0 Å². The summed E-state index contributed by atoms with van der Waals surface area (Å²) in [6.45, 7) is 4.79. The Morgan fingerprint density at radius 2 is 2.05 bits per heavy atom. The Labute approximate surface area is 126 Å². The third kappa shape index (κ3) is 4.88. The van der Waals surface area contributed by atoms with Crippen LogP contribution < -0.4 is 4.74 Å². The molecule has 2 rings (SSSR count). The number of thioether (sulfide) groups is 1. The van der Waals surface area contributed by atoms with Gasteiger partial charge >= 0.3 is 0 Å². The van der Waals surface area contributed by atoms with Gasteiger partial charge in [-0.15, -0.1) is 11.8 Å². The molecule has 100 valence electrons. The van der Waals surface area contributed by atoms with Gasteiger partial charge < -0.3 is 4.74 Å². The van der Waals surface area contributed by atoms with Crippen molar-refractivity contribution in [3.8, 4) is 5.75 Å². The first kappa shape index (κ1) is 14.4. The fraction of sp³-hybridized carbons (Fsp3) is 0.267. The molecule has 0 aliphatic heterocycles. The van der Waals surface area contributed by atoms with E-state index in [4.69, 9.17) is 4.74 Å². The second-order valence-corrected chi connectivity index (χ2v) is 6.31. The van der Waals surface area contributed by atoms with Crippen LogP contribution >= 0.6 is 27.7 Å². The second kappa shape index (κ2) is 6.96. The molecule has 0 atom stereocenters. The lowest BCUT2D eigenvalue weighted by molar-refractivity contribution is 0.343. The van der Waals surface area contributed by atoms with Gasteiger partial charge in [-0.3, -0.25) is 0 Å². The van der Waals surface area contributed by atoms with Gasteiger partial charge in [0.25, 0.3) is 0 Å². The number of aryl methyl sites for hydroxylation is 2. The number of ether oxygens (including phenoxy) is 1. The largest absolute Gasteiger partial charge is 0.493 e. The average molecular weight is 338 g/mol. The fourth-order valence-electron chi connectivity index (χ4n) is 1.74. The molecule has 0 unspecified atom stereocenters. The van der Waals surface area contributed by atoms with Crippen molar-refractivity contribution in [2.75, 3.05) is 12.4 Å². The molecule has 0 spiro atoms. The molecule has 1 aromatic carbocycles. The first-order chi connectivity index (χ1) is 9.13. The van der Waals surface area contributed by atoms with Crippen molar-refractivity contribution >= 4 is 27.7 Å². The van der Waals surface area contributed by atoms with Crippen LogP contribution in [0, 0.1) is 13.8 Å². The maximum atomic E-state index is 5.69. The van der Waals surface area contributed by atoms with Gasteiger partial charge in [-0.1, -0.05) is 22.0 Å². The molecule has 2 aromatic rings. The lowest BCUT2D eigenvalue weighted by Gasteiger charge is -2.07. The Kier molecular flexibility index (Phi) is 5.28. The lowest BCUT2D eigenvalue weighted by Crippen LogP contribution is -2.00. The van der Waals surface area contributed by atoms with Crippen LogP contribution in [0.2, 0.25) is 0 Å². The highest BCUT2D eigenvalue weighted by molar-refractivity contribution is 9.10. The summed E-state index contributed by atoms with van der Waals surface area (Å²) in [7, 11) is 0. The molecule has 0 fully saturated rings. The van der Waals surface area contributed by atoms with Crippen LogP contribution in [0.1, 0.15) is 11.3 Å². The van der Waals surface area contributed by atoms with Crippen LogP contribution in [0.4, 0.5) is 0 Å². The predicted octanol–water partition coefficient (Wildman–Crippen LogP) is 4.63. The van der Waals surface area contributed by atoms with Gasteiger partial charge in [0, 0.05) is 15.9 Å². The molecule has 0 aliphatic carbocycles. The topological polar surface area (TPSA) is 22.1 Å². The van der Waals surface area contributed by atoms with Crippen molar-refractivity contribution in [2.24, 2.45) is 0 Å². The predicted molar refractivity (Wildman–Crippen MR) is 84.1 cm³/mol. The van der Waals surface area contributed by atoms with E-state index in [1.54, 1.807) is 11.8 Å². The number of benzene rings is 1. The van der Waals surface area contributed by atoms with Gasteiger partial charge in [0.05, 0.1) is 11.6 Å². The molecule has 1 heterocycles. The number of hydrogen-bond donors (Lipinski definition) is 0. The van der Waals surface area contributed by atoms with Crippen molar-refractivity contribution in [2.45, 2.75) is 18.9 Å². The second-order valence-electron chi connectivity index (χ2n) is 4.28. The van der Waals surface area contributed by atoms with Crippen LogP contribution in [0.15, 0.2) is 45.9 Å². The number of rotatable bonds is 5. The van der Waals surface area contributed by atoms with Crippen molar-refractivity contribution in [1.82, 2.24) is 4.98 Å². The Morgan fingerprint density at radius 1 is 1.21 bits per heavy atom. The number of halogens is 1. The quantitative estimate of drug-likeness (QED) is 0.586. The van der Waals surface area contributed by atoms with Crippen molar-refractivity contribution < 1.29 is 4.74 Å². The molecule has 0 saturated carbocycles. The van der Waals surface area contributed by atoms with Crippen molar-refractivity contribution in [1.29, 1.82) is 0 Å². The Morgan fingerprint density at radius 3 is 2.79 bits per heavy atom. The number of nitrogens with zero attached hydrogens (tertiary/aromatic N) is 1. The van der Waals surface area contributed by atoms with E-state index in [0.29, 0.717) is 6.61 Å².